The van der Waals surface area contributed by atoms with E-state index in [0.29, 0.717) is 16.5 Å². The lowest BCUT2D eigenvalue weighted by Gasteiger charge is -2.32. The van der Waals surface area contributed by atoms with Crippen LogP contribution in [-0.4, -0.2) is 120 Å². The van der Waals surface area contributed by atoms with E-state index in [-0.39, 0.29) is 98.3 Å². The van der Waals surface area contributed by atoms with E-state index in [1.165, 1.54) is 0 Å². The molecule has 6 rings (SSSR count). The molecule has 1 aliphatic rings. The highest BCUT2D eigenvalue weighted by molar-refractivity contribution is 6.74. The summed E-state index contributed by atoms with van der Waals surface area (Å²) in [6, 6.07) is 7.46. The smallest absolute Gasteiger partial charge is 0.399 e. The summed E-state index contributed by atoms with van der Waals surface area (Å²) in [7, 11) is 84.7. The molecule has 2 nitrogen and oxygen atoms in total. The highest BCUT2D eigenvalue weighted by atomic mass is 16.7. The molecule has 0 spiro atoms. The summed E-state index contributed by atoms with van der Waals surface area (Å²) in [4.78, 5) is 0. The lowest BCUT2D eigenvalue weighted by molar-refractivity contribution is 0.00578. The monoisotopic (exact) mass is 586 g/mol. The molecule has 0 N–H and O–H groups in total. The van der Waals surface area contributed by atoms with Gasteiger partial charge in [0, 0.05) is 0 Å². The molecule has 1 heterocycles. The molecule has 0 saturated carbocycles. The van der Waals surface area contributed by atoms with Crippen LogP contribution in [0.25, 0.3) is 43.8 Å². The Bertz CT molecular complexity index is 2230. The average Bonchev–Trinajstić information content (AvgIpc) is 3.25. The second kappa shape index (κ2) is 11.8. The first kappa shape index (κ1) is 35.3. The van der Waals surface area contributed by atoms with Crippen molar-refractivity contribution < 1.29 is 9.31 Å². The Morgan fingerprint density at radius 2 is 0.750 bits per heavy atom. The summed E-state index contributed by atoms with van der Waals surface area (Å²) in [5.41, 5.74) is 1.91. The van der Waals surface area contributed by atoms with Gasteiger partial charge in [0.2, 0.25) is 0 Å². The predicted molar refractivity (Wildman–Crippen MR) is 218 cm³/mol. The van der Waals surface area contributed by atoms with Gasteiger partial charge in [0.15, 0.2) is 0 Å². The molecule has 16 heteroatoms. The Morgan fingerprint density at radius 1 is 0.417 bits per heavy atom. The predicted octanol–water partition coefficient (Wildman–Crippen LogP) is -8.05. The second-order valence-corrected chi connectivity index (χ2v) is 13.2. The van der Waals surface area contributed by atoms with Crippen molar-refractivity contribution in [1.29, 1.82) is 0 Å². The van der Waals surface area contributed by atoms with E-state index in [9.17, 15) is 0 Å². The van der Waals surface area contributed by atoms with Crippen LogP contribution in [0.1, 0.15) is 27.7 Å². The van der Waals surface area contributed by atoms with Crippen LogP contribution >= 0.6 is 0 Å². The maximum atomic E-state index is 6.85. The van der Waals surface area contributed by atoms with E-state index in [0.717, 1.165) is 5.46 Å². The minimum atomic E-state index is -0.629. The first-order valence-corrected chi connectivity index (χ1v) is 15.0. The highest BCUT2D eigenvalue weighted by Gasteiger charge is 2.51. The van der Waals surface area contributed by atoms with Crippen molar-refractivity contribution in [2.24, 2.45) is 0 Å². The first-order valence-electron chi connectivity index (χ1n) is 15.0. The van der Waals surface area contributed by atoms with Crippen molar-refractivity contribution in [3.8, 4) is 22.3 Å². The molecular weight excluding hydrogens is 568 g/mol. The van der Waals surface area contributed by atoms with Gasteiger partial charge in [0.25, 0.3) is 0 Å². The summed E-state index contributed by atoms with van der Waals surface area (Å²) >= 11 is 0. The fourth-order valence-electron chi connectivity index (χ4n) is 6.51. The van der Waals surface area contributed by atoms with E-state index in [1.54, 1.807) is 0 Å². The molecular formula is C32H16B14O2. The third kappa shape index (κ3) is 4.90. The molecule has 1 saturated heterocycles. The Labute approximate surface area is 300 Å². The topological polar surface area (TPSA) is 18.5 Å². The van der Waals surface area contributed by atoms with Gasteiger partial charge < -0.3 is 9.31 Å². The molecule has 0 amide bonds. The minimum absolute atomic E-state index is 0.00285. The standard InChI is InChI=1S/C32H16B14O2/c1-31(2)32(3,4)48-46(47-31)10-7-5-6-9(8-10)11-18(33)12-13(22(37)21(11)36)19(34)14(24(39)23(12)38)15-20(35)16-17(26(41)25(15)40)28(43)30(45)29(44)27(16)42/h5-8H,1-4H3. The van der Waals surface area contributed by atoms with Crippen LogP contribution in [0, 0.1) is 0 Å². The SMILES string of the molecule is [B]c1c([B])c([B])c2c([B])c(-c3c([B])c([B])c4c([B])c(-c5cccc(B6OC(C)(C)C(C)(C)O6)c5)c([B])c([B])c4c3[B])c([B])c([B])c2c1[B]. The number of fused-ring (bicyclic) bond motifs is 2. The summed E-state index contributed by atoms with van der Waals surface area (Å²) < 4.78 is 12.5. The summed E-state index contributed by atoms with van der Waals surface area (Å²) in [6.07, 6.45) is 0. The van der Waals surface area contributed by atoms with Gasteiger partial charge in [-0.15, -0.1) is 10.9 Å². The molecule has 0 aliphatic carbocycles. The zero-order chi connectivity index (χ0) is 35.5. The van der Waals surface area contributed by atoms with Crippen molar-refractivity contribution >= 4 is 207 Å². The van der Waals surface area contributed by atoms with Gasteiger partial charge in [-0.25, -0.2) is 0 Å². The van der Waals surface area contributed by atoms with Crippen LogP contribution in [0.3, 0.4) is 0 Å². The average molecular weight is 584 g/mol. The third-order valence-electron chi connectivity index (χ3n) is 9.96. The quantitative estimate of drug-likeness (QED) is 0.197. The van der Waals surface area contributed by atoms with Gasteiger partial charge in [0.1, 0.15) is 102 Å². The van der Waals surface area contributed by atoms with E-state index in [4.69, 9.17) is 111 Å². The van der Waals surface area contributed by atoms with E-state index in [2.05, 4.69) is 0 Å². The first-order chi connectivity index (χ1) is 22.2. The largest absolute Gasteiger partial charge is 0.494 e. The van der Waals surface area contributed by atoms with Crippen molar-refractivity contribution in [3.63, 3.8) is 0 Å². The van der Waals surface area contributed by atoms with Gasteiger partial charge in [-0.2, -0.15) is 0 Å². The summed E-state index contributed by atoms with van der Waals surface area (Å²) in [5.74, 6) is 0. The molecule has 198 valence electrons. The zero-order valence-electron chi connectivity index (χ0n) is 27.2. The van der Waals surface area contributed by atoms with Crippen molar-refractivity contribution in [2.45, 2.75) is 38.9 Å². The Balaban J connectivity index is 1.63. The molecule has 0 atom stereocenters. The number of benzene rings is 5. The van der Waals surface area contributed by atoms with Crippen LogP contribution in [-0.2, 0) is 9.31 Å². The molecule has 26 radical (unpaired) electrons. The minimum Gasteiger partial charge on any atom is -0.399 e. The number of rotatable bonds is 3. The molecule has 5 aromatic carbocycles. The molecule has 1 aliphatic heterocycles. The van der Waals surface area contributed by atoms with Crippen LogP contribution in [0.2, 0.25) is 0 Å². The lowest BCUT2D eigenvalue weighted by atomic mass is 9.56. The second-order valence-electron chi connectivity index (χ2n) is 13.2. The molecule has 1 fully saturated rings. The van der Waals surface area contributed by atoms with Crippen LogP contribution < -0.4 is 76.5 Å². The van der Waals surface area contributed by atoms with Crippen molar-refractivity contribution in [2.75, 3.05) is 0 Å². The number of hydrogen-bond acceptors (Lipinski definition) is 2. The molecule has 0 bridgehead atoms. The Kier molecular flexibility index (Phi) is 8.65. The van der Waals surface area contributed by atoms with Crippen molar-refractivity contribution in [3.05, 3.63) is 24.3 Å². The third-order valence-corrected chi connectivity index (χ3v) is 9.96. The van der Waals surface area contributed by atoms with E-state index >= 15 is 0 Å². The summed E-state index contributed by atoms with van der Waals surface area (Å²) in [6.45, 7) is 7.91. The lowest BCUT2D eigenvalue weighted by Crippen LogP contribution is -2.53. The highest BCUT2D eigenvalue weighted by Crippen LogP contribution is 2.36. The van der Waals surface area contributed by atoms with Crippen LogP contribution in [0.15, 0.2) is 24.3 Å². The van der Waals surface area contributed by atoms with Gasteiger partial charge in [-0.05, 0) is 77.0 Å². The number of hydrogen-bond donors (Lipinski definition) is 0. The van der Waals surface area contributed by atoms with Gasteiger partial charge in [0.05, 0.1) is 11.2 Å². The Hall–Kier alpha value is -2.55. The maximum Gasteiger partial charge on any atom is 0.494 e. The molecule has 5 aromatic rings. The fourth-order valence-corrected chi connectivity index (χ4v) is 6.51. The molecule has 0 unspecified atom stereocenters. The van der Waals surface area contributed by atoms with Gasteiger partial charge >= 0.3 is 7.12 Å². The van der Waals surface area contributed by atoms with E-state index in [1.807, 2.05) is 52.0 Å². The van der Waals surface area contributed by atoms with E-state index < -0.39 is 18.3 Å². The normalized spacial score (nSPS) is 15.5. The fraction of sp³-hybridized carbons (Fsp3) is 0.188. The summed E-state index contributed by atoms with van der Waals surface area (Å²) in [5, 5.41) is 1.01. The van der Waals surface area contributed by atoms with Crippen molar-refractivity contribution in [1.82, 2.24) is 0 Å². The van der Waals surface area contributed by atoms with Gasteiger partial charge in [-0.1, -0.05) is 84.4 Å². The maximum absolute atomic E-state index is 6.85. The van der Waals surface area contributed by atoms with Crippen LogP contribution in [0.4, 0.5) is 0 Å². The molecule has 0 aromatic heterocycles. The Morgan fingerprint density at radius 3 is 1.17 bits per heavy atom. The van der Waals surface area contributed by atoms with Gasteiger partial charge in [-0.3, -0.25) is 0 Å². The molecule has 48 heavy (non-hydrogen) atoms. The zero-order valence-corrected chi connectivity index (χ0v) is 27.2. The van der Waals surface area contributed by atoms with Crippen LogP contribution in [0.5, 0.6) is 0 Å².